The molecule has 0 aliphatic rings. The lowest BCUT2D eigenvalue weighted by Crippen LogP contribution is -2.28. The van der Waals surface area contributed by atoms with E-state index in [0.29, 0.717) is 29.2 Å². The van der Waals surface area contributed by atoms with E-state index in [-0.39, 0.29) is 17.9 Å². The van der Waals surface area contributed by atoms with Crippen molar-refractivity contribution < 1.29 is 14.3 Å². The second-order valence-corrected chi connectivity index (χ2v) is 7.30. The molecule has 3 rings (SSSR count). The lowest BCUT2D eigenvalue weighted by atomic mass is 10.1. The van der Waals surface area contributed by atoms with Gasteiger partial charge in [-0.2, -0.15) is 0 Å². The van der Waals surface area contributed by atoms with Crippen LogP contribution in [-0.2, 0) is 0 Å². The zero-order valence-electron chi connectivity index (χ0n) is 17.9. The van der Waals surface area contributed by atoms with Crippen LogP contribution in [0.3, 0.4) is 0 Å². The van der Waals surface area contributed by atoms with E-state index in [2.05, 4.69) is 17.6 Å². The molecule has 160 valence electrons. The summed E-state index contributed by atoms with van der Waals surface area (Å²) in [5.74, 6) is -0.0312. The summed E-state index contributed by atoms with van der Waals surface area (Å²) in [6, 6.07) is 23.7. The van der Waals surface area contributed by atoms with E-state index < -0.39 is 0 Å². The van der Waals surface area contributed by atoms with Crippen LogP contribution in [0.1, 0.15) is 59.0 Å². The first-order valence-corrected chi connectivity index (χ1v) is 10.6. The monoisotopic (exact) mass is 416 g/mol. The van der Waals surface area contributed by atoms with Gasteiger partial charge < -0.3 is 15.4 Å². The molecule has 3 aromatic rings. The largest absolute Gasteiger partial charge is 0.493 e. The predicted octanol–water partition coefficient (Wildman–Crippen LogP) is 5.61. The smallest absolute Gasteiger partial charge is 0.259 e. The number of amides is 2. The quantitative estimate of drug-likeness (QED) is 0.446. The van der Waals surface area contributed by atoms with Gasteiger partial charge in [-0.3, -0.25) is 9.59 Å². The molecule has 0 aliphatic heterocycles. The molecule has 5 heteroatoms. The highest BCUT2D eigenvalue weighted by atomic mass is 16.5. The Kier molecular flexibility index (Phi) is 7.82. The van der Waals surface area contributed by atoms with Gasteiger partial charge in [0.15, 0.2) is 0 Å². The molecule has 0 saturated heterocycles. The fraction of sp³-hybridized carbons (Fsp3) is 0.231. The van der Waals surface area contributed by atoms with Crippen molar-refractivity contribution in [2.45, 2.75) is 32.7 Å². The molecule has 1 atom stereocenters. The van der Waals surface area contributed by atoms with Crippen molar-refractivity contribution in [2.24, 2.45) is 0 Å². The zero-order chi connectivity index (χ0) is 22.1. The maximum Gasteiger partial charge on any atom is 0.259 e. The van der Waals surface area contributed by atoms with Gasteiger partial charge in [0.25, 0.3) is 11.8 Å². The van der Waals surface area contributed by atoms with E-state index in [9.17, 15) is 9.59 Å². The molecule has 0 unspecified atom stereocenters. The molecule has 0 bridgehead atoms. The summed E-state index contributed by atoms with van der Waals surface area (Å²) in [7, 11) is 0. The van der Waals surface area contributed by atoms with Crippen molar-refractivity contribution in [3.05, 3.63) is 95.6 Å². The van der Waals surface area contributed by atoms with Gasteiger partial charge in [0.05, 0.1) is 29.5 Å². The number of hydrogen-bond acceptors (Lipinski definition) is 3. The number of hydrogen-bond donors (Lipinski definition) is 2. The number of benzene rings is 3. The molecule has 0 heterocycles. The van der Waals surface area contributed by atoms with Crippen molar-refractivity contribution in [3.8, 4) is 5.75 Å². The van der Waals surface area contributed by atoms with Crippen LogP contribution in [0.25, 0.3) is 0 Å². The third kappa shape index (κ3) is 5.95. The summed E-state index contributed by atoms with van der Waals surface area (Å²) in [5.41, 5.74) is 2.30. The number of ether oxygens (including phenoxy) is 1. The standard InChI is InChI=1S/C26H28N2O3/c1-3-4-18-31-24-17-11-9-15-22(24)26(30)28-23-16-10-8-14-21(23)25(29)27-19(2)20-12-6-5-7-13-20/h5-17,19H,3-4,18H2,1-2H3,(H,27,29)(H,28,30)/t19-/m1/s1. The van der Waals surface area contributed by atoms with Crippen LogP contribution in [0.15, 0.2) is 78.9 Å². The molecule has 0 fully saturated rings. The first-order chi connectivity index (χ1) is 15.1. The Hall–Kier alpha value is -3.60. The van der Waals surface area contributed by atoms with E-state index in [1.165, 1.54) is 0 Å². The number of carbonyl (C=O) groups excluding carboxylic acids is 2. The normalized spacial score (nSPS) is 11.4. The van der Waals surface area contributed by atoms with Gasteiger partial charge in [-0.25, -0.2) is 0 Å². The fourth-order valence-corrected chi connectivity index (χ4v) is 3.19. The van der Waals surface area contributed by atoms with Gasteiger partial charge in [-0.05, 0) is 43.2 Å². The SMILES string of the molecule is CCCCOc1ccccc1C(=O)Nc1ccccc1C(=O)N[C@H](C)c1ccccc1. The molecule has 5 nitrogen and oxygen atoms in total. The topological polar surface area (TPSA) is 67.4 Å². The zero-order valence-corrected chi connectivity index (χ0v) is 17.9. The van der Waals surface area contributed by atoms with Crippen molar-refractivity contribution in [1.29, 1.82) is 0 Å². The maximum atomic E-state index is 13.0. The van der Waals surface area contributed by atoms with Crippen LogP contribution in [-0.4, -0.2) is 18.4 Å². The van der Waals surface area contributed by atoms with E-state index >= 15 is 0 Å². The molecule has 2 amide bonds. The van der Waals surface area contributed by atoms with Gasteiger partial charge in [0.2, 0.25) is 0 Å². The Bertz CT molecular complexity index is 1020. The van der Waals surface area contributed by atoms with Gasteiger partial charge in [-0.15, -0.1) is 0 Å². The van der Waals surface area contributed by atoms with Crippen LogP contribution in [0.2, 0.25) is 0 Å². The average Bonchev–Trinajstić information content (AvgIpc) is 2.80. The second-order valence-electron chi connectivity index (χ2n) is 7.30. The summed E-state index contributed by atoms with van der Waals surface area (Å²) in [6.45, 7) is 4.57. The lowest BCUT2D eigenvalue weighted by Gasteiger charge is -2.17. The lowest BCUT2D eigenvalue weighted by molar-refractivity contribution is 0.0940. The van der Waals surface area contributed by atoms with E-state index in [0.717, 1.165) is 18.4 Å². The van der Waals surface area contributed by atoms with Gasteiger partial charge >= 0.3 is 0 Å². The van der Waals surface area contributed by atoms with Crippen LogP contribution in [0.4, 0.5) is 5.69 Å². The van der Waals surface area contributed by atoms with Crippen LogP contribution < -0.4 is 15.4 Å². The minimum atomic E-state index is -0.316. The predicted molar refractivity (Wildman–Crippen MR) is 124 cm³/mol. The van der Waals surface area contributed by atoms with Gasteiger partial charge in [0, 0.05) is 0 Å². The molecule has 0 aromatic heterocycles. The molecular formula is C26H28N2O3. The Morgan fingerprint density at radius 3 is 2.23 bits per heavy atom. The van der Waals surface area contributed by atoms with Crippen LogP contribution >= 0.6 is 0 Å². The third-order valence-electron chi connectivity index (χ3n) is 4.95. The summed E-state index contributed by atoms with van der Waals surface area (Å²) in [4.78, 5) is 25.9. The molecule has 0 radical (unpaired) electrons. The first-order valence-electron chi connectivity index (χ1n) is 10.6. The molecule has 3 aromatic carbocycles. The molecule has 31 heavy (non-hydrogen) atoms. The summed E-state index contributed by atoms with van der Waals surface area (Å²) in [5, 5.41) is 5.87. The van der Waals surface area contributed by atoms with Crippen molar-refractivity contribution in [2.75, 3.05) is 11.9 Å². The highest BCUT2D eigenvalue weighted by Gasteiger charge is 2.18. The fourth-order valence-electron chi connectivity index (χ4n) is 3.19. The van der Waals surface area contributed by atoms with Crippen molar-refractivity contribution in [3.63, 3.8) is 0 Å². The number of para-hydroxylation sites is 2. The minimum Gasteiger partial charge on any atom is -0.493 e. The number of unbranched alkanes of at least 4 members (excludes halogenated alkanes) is 1. The number of nitrogens with one attached hydrogen (secondary N) is 2. The summed E-state index contributed by atoms with van der Waals surface area (Å²) >= 11 is 0. The molecule has 0 aliphatic carbocycles. The third-order valence-corrected chi connectivity index (χ3v) is 4.95. The Labute approximate surface area is 183 Å². The summed E-state index contributed by atoms with van der Waals surface area (Å²) in [6.07, 6.45) is 1.93. The Morgan fingerprint density at radius 2 is 1.48 bits per heavy atom. The number of rotatable bonds is 9. The highest BCUT2D eigenvalue weighted by molar-refractivity contribution is 6.10. The molecular weight excluding hydrogens is 388 g/mol. The molecule has 0 saturated carbocycles. The molecule has 2 N–H and O–H groups in total. The van der Waals surface area contributed by atoms with E-state index in [1.807, 2.05) is 43.3 Å². The number of anilines is 1. The highest BCUT2D eigenvalue weighted by Crippen LogP contribution is 2.22. The summed E-state index contributed by atoms with van der Waals surface area (Å²) < 4.78 is 5.78. The Morgan fingerprint density at radius 1 is 0.839 bits per heavy atom. The average molecular weight is 417 g/mol. The van der Waals surface area contributed by atoms with Crippen LogP contribution in [0, 0.1) is 0 Å². The van der Waals surface area contributed by atoms with Crippen molar-refractivity contribution in [1.82, 2.24) is 5.32 Å². The van der Waals surface area contributed by atoms with Gasteiger partial charge in [0.1, 0.15) is 5.75 Å². The van der Waals surface area contributed by atoms with Gasteiger partial charge in [-0.1, -0.05) is 67.9 Å². The van der Waals surface area contributed by atoms with E-state index in [1.54, 1.807) is 42.5 Å². The minimum absolute atomic E-state index is 0.162. The maximum absolute atomic E-state index is 13.0. The second kappa shape index (κ2) is 11.0. The number of carbonyl (C=O) groups is 2. The Balaban J connectivity index is 1.75. The first kappa shape index (κ1) is 22.1. The molecule has 0 spiro atoms. The van der Waals surface area contributed by atoms with E-state index in [4.69, 9.17) is 4.74 Å². The van der Waals surface area contributed by atoms with Crippen molar-refractivity contribution >= 4 is 17.5 Å². The van der Waals surface area contributed by atoms with Crippen LogP contribution in [0.5, 0.6) is 5.75 Å².